The third-order valence-corrected chi connectivity index (χ3v) is 4.39. The second kappa shape index (κ2) is 5.84. The second-order valence-corrected chi connectivity index (χ2v) is 6.34. The van der Waals surface area contributed by atoms with Gasteiger partial charge in [-0.05, 0) is 41.8 Å². The fraction of sp³-hybridized carbons (Fsp3) is 0.500. The van der Waals surface area contributed by atoms with Crippen LogP contribution in [0, 0.1) is 0 Å². The lowest BCUT2D eigenvalue weighted by Gasteiger charge is -2.22. The molecule has 6 heteroatoms. The quantitative estimate of drug-likeness (QED) is 0.800. The summed E-state index contributed by atoms with van der Waals surface area (Å²) < 4.78 is 5.92. The molecular formula is C12H14BrNO3S. The lowest BCUT2D eigenvalue weighted by molar-refractivity contribution is -0.147. The van der Waals surface area contributed by atoms with E-state index >= 15 is 0 Å². The summed E-state index contributed by atoms with van der Waals surface area (Å²) in [6.45, 7) is 2.74. The smallest absolute Gasteiger partial charge is 0.328 e. The van der Waals surface area contributed by atoms with Gasteiger partial charge in [-0.1, -0.05) is 0 Å². The van der Waals surface area contributed by atoms with E-state index in [0.29, 0.717) is 25.1 Å². The molecule has 0 aromatic carbocycles. The number of amides is 1. The Morgan fingerprint density at radius 1 is 1.61 bits per heavy atom. The Morgan fingerprint density at radius 2 is 2.39 bits per heavy atom. The molecule has 1 aromatic rings. The van der Waals surface area contributed by atoms with E-state index in [1.165, 1.54) is 11.3 Å². The maximum Gasteiger partial charge on any atom is 0.328 e. The lowest BCUT2D eigenvalue weighted by atomic mass is 10.2. The number of carbonyl (C=O) groups is 2. The molecule has 1 aliphatic rings. The molecule has 98 valence electrons. The van der Waals surface area contributed by atoms with E-state index in [-0.39, 0.29) is 11.9 Å². The third kappa shape index (κ3) is 2.75. The molecule has 1 atom stereocenters. The maximum absolute atomic E-state index is 12.3. The van der Waals surface area contributed by atoms with Gasteiger partial charge in [0.15, 0.2) is 0 Å². The molecule has 0 radical (unpaired) electrons. The van der Waals surface area contributed by atoms with Crippen LogP contribution < -0.4 is 0 Å². The Morgan fingerprint density at radius 3 is 3.00 bits per heavy atom. The van der Waals surface area contributed by atoms with Gasteiger partial charge in [-0.2, -0.15) is 0 Å². The fourth-order valence-corrected chi connectivity index (χ4v) is 3.21. The maximum atomic E-state index is 12.3. The molecule has 4 nitrogen and oxygen atoms in total. The first kappa shape index (κ1) is 13.5. The number of esters is 1. The molecule has 1 fully saturated rings. The monoisotopic (exact) mass is 331 g/mol. The number of thiophene rings is 1. The molecule has 1 aliphatic heterocycles. The summed E-state index contributed by atoms with van der Waals surface area (Å²) >= 11 is 4.80. The van der Waals surface area contributed by atoms with E-state index in [9.17, 15) is 9.59 Å². The van der Waals surface area contributed by atoms with Crippen molar-refractivity contribution in [2.24, 2.45) is 0 Å². The van der Waals surface area contributed by atoms with Crippen molar-refractivity contribution < 1.29 is 14.3 Å². The predicted molar refractivity (Wildman–Crippen MR) is 72.7 cm³/mol. The first-order valence-corrected chi connectivity index (χ1v) is 7.52. The highest BCUT2D eigenvalue weighted by Crippen LogP contribution is 2.25. The first-order valence-electron chi connectivity index (χ1n) is 5.85. The van der Waals surface area contributed by atoms with Crippen molar-refractivity contribution in [2.75, 3.05) is 13.2 Å². The van der Waals surface area contributed by atoms with Gasteiger partial charge in [0.25, 0.3) is 5.91 Å². The first-order chi connectivity index (χ1) is 8.63. The summed E-state index contributed by atoms with van der Waals surface area (Å²) in [5, 5.41) is 1.80. The van der Waals surface area contributed by atoms with Crippen molar-refractivity contribution in [3.8, 4) is 0 Å². The van der Waals surface area contributed by atoms with Crippen LogP contribution in [0.15, 0.2) is 15.2 Å². The second-order valence-electron chi connectivity index (χ2n) is 4.05. The highest BCUT2D eigenvalue weighted by atomic mass is 79.9. The van der Waals surface area contributed by atoms with Gasteiger partial charge in [0.2, 0.25) is 0 Å². The zero-order valence-electron chi connectivity index (χ0n) is 10.0. The predicted octanol–water partition coefficient (Wildman–Crippen LogP) is 2.68. The average molecular weight is 332 g/mol. The standard InChI is InChI=1S/C12H14BrNO3S/c1-2-17-12(16)9-4-3-5-14(9)11(15)8-6-10(13)18-7-8/h6-7,9H,2-5H2,1H3. The molecule has 0 bridgehead atoms. The van der Waals surface area contributed by atoms with E-state index in [4.69, 9.17) is 4.74 Å². The van der Waals surface area contributed by atoms with E-state index in [1.807, 2.05) is 0 Å². The molecule has 1 amide bonds. The van der Waals surface area contributed by atoms with E-state index in [2.05, 4.69) is 15.9 Å². The summed E-state index contributed by atoms with van der Waals surface area (Å²) in [5.74, 6) is -0.384. The summed E-state index contributed by atoms with van der Waals surface area (Å²) in [5.41, 5.74) is 0.628. The third-order valence-electron chi connectivity index (χ3n) is 2.89. The van der Waals surface area contributed by atoms with Gasteiger partial charge < -0.3 is 9.64 Å². The van der Waals surface area contributed by atoms with Crippen molar-refractivity contribution in [1.29, 1.82) is 0 Å². The van der Waals surface area contributed by atoms with Crippen molar-refractivity contribution in [1.82, 2.24) is 4.90 Å². The molecule has 1 saturated heterocycles. The van der Waals surface area contributed by atoms with Crippen LogP contribution in [0.4, 0.5) is 0 Å². The number of halogens is 1. The molecule has 2 rings (SSSR count). The van der Waals surface area contributed by atoms with Crippen LogP contribution in [0.5, 0.6) is 0 Å². The Labute approximate surface area is 118 Å². The van der Waals surface area contributed by atoms with Crippen LogP contribution in [-0.4, -0.2) is 36.0 Å². The Kier molecular flexibility index (Phi) is 4.40. The molecule has 0 spiro atoms. The van der Waals surface area contributed by atoms with Crippen LogP contribution in [0.1, 0.15) is 30.1 Å². The number of rotatable bonds is 3. The number of carbonyl (C=O) groups excluding carboxylic acids is 2. The van der Waals surface area contributed by atoms with Gasteiger partial charge in [-0.15, -0.1) is 11.3 Å². The minimum Gasteiger partial charge on any atom is -0.464 e. The Hall–Kier alpha value is -0.880. The number of hydrogen-bond acceptors (Lipinski definition) is 4. The minimum atomic E-state index is -0.420. The van der Waals surface area contributed by atoms with Gasteiger partial charge in [0, 0.05) is 11.9 Å². The highest BCUT2D eigenvalue weighted by molar-refractivity contribution is 9.11. The number of ether oxygens (including phenoxy) is 1. The molecule has 2 heterocycles. The number of hydrogen-bond donors (Lipinski definition) is 0. The van der Waals surface area contributed by atoms with E-state index in [1.54, 1.807) is 23.3 Å². The molecule has 0 saturated carbocycles. The van der Waals surface area contributed by atoms with Gasteiger partial charge in [-0.3, -0.25) is 4.79 Å². The molecule has 1 aromatic heterocycles. The van der Waals surface area contributed by atoms with Gasteiger partial charge in [0.05, 0.1) is 16.0 Å². The van der Waals surface area contributed by atoms with Crippen LogP contribution in [-0.2, 0) is 9.53 Å². The van der Waals surface area contributed by atoms with Crippen molar-refractivity contribution in [3.05, 3.63) is 20.8 Å². The molecule has 0 aliphatic carbocycles. The summed E-state index contributed by atoms with van der Waals surface area (Å²) in [6.07, 6.45) is 1.54. The Balaban J connectivity index is 2.11. The molecule has 0 N–H and O–H groups in total. The molecule has 1 unspecified atom stereocenters. The molecular weight excluding hydrogens is 318 g/mol. The van der Waals surface area contributed by atoms with Gasteiger partial charge in [0.1, 0.15) is 6.04 Å². The van der Waals surface area contributed by atoms with Crippen molar-refractivity contribution in [2.45, 2.75) is 25.8 Å². The summed E-state index contributed by atoms with van der Waals surface area (Å²) in [4.78, 5) is 25.7. The van der Waals surface area contributed by atoms with Gasteiger partial charge in [-0.25, -0.2) is 4.79 Å². The lowest BCUT2D eigenvalue weighted by Crippen LogP contribution is -2.41. The number of nitrogens with zero attached hydrogens (tertiary/aromatic N) is 1. The van der Waals surface area contributed by atoms with Crippen molar-refractivity contribution >= 4 is 39.1 Å². The topological polar surface area (TPSA) is 46.6 Å². The number of likely N-dealkylation sites (tertiary alicyclic amines) is 1. The van der Waals surface area contributed by atoms with E-state index in [0.717, 1.165) is 10.2 Å². The van der Waals surface area contributed by atoms with Crippen LogP contribution in [0.2, 0.25) is 0 Å². The average Bonchev–Trinajstić information content (AvgIpc) is 2.96. The highest BCUT2D eigenvalue weighted by Gasteiger charge is 2.35. The molecule has 18 heavy (non-hydrogen) atoms. The summed E-state index contributed by atoms with van der Waals surface area (Å²) in [6, 6.07) is 1.36. The van der Waals surface area contributed by atoms with E-state index < -0.39 is 6.04 Å². The van der Waals surface area contributed by atoms with Crippen LogP contribution >= 0.6 is 27.3 Å². The minimum absolute atomic E-state index is 0.0903. The Bertz CT molecular complexity index is 460. The van der Waals surface area contributed by atoms with Crippen LogP contribution in [0.25, 0.3) is 0 Å². The normalized spacial score (nSPS) is 19.0. The zero-order chi connectivity index (χ0) is 13.1. The van der Waals surface area contributed by atoms with Gasteiger partial charge >= 0.3 is 5.97 Å². The fourth-order valence-electron chi connectivity index (χ4n) is 2.08. The van der Waals surface area contributed by atoms with Crippen LogP contribution in [0.3, 0.4) is 0 Å². The SMILES string of the molecule is CCOC(=O)C1CCCN1C(=O)c1csc(Br)c1. The summed E-state index contributed by atoms with van der Waals surface area (Å²) in [7, 11) is 0. The zero-order valence-corrected chi connectivity index (χ0v) is 12.4. The van der Waals surface area contributed by atoms with Crippen molar-refractivity contribution in [3.63, 3.8) is 0 Å². The largest absolute Gasteiger partial charge is 0.464 e.